The molecule has 0 fully saturated rings. The van der Waals surface area contributed by atoms with Gasteiger partial charge in [-0.3, -0.25) is 4.79 Å². The molecule has 0 aromatic heterocycles. The maximum absolute atomic E-state index is 11.8. The van der Waals surface area contributed by atoms with Gasteiger partial charge in [0.15, 0.2) is 0 Å². The number of unbranched alkanes of at least 4 members (excludes halogenated alkanes) is 3. The van der Waals surface area contributed by atoms with Crippen molar-refractivity contribution in [1.82, 2.24) is 4.90 Å². The summed E-state index contributed by atoms with van der Waals surface area (Å²) in [5.41, 5.74) is 0. The summed E-state index contributed by atoms with van der Waals surface area (Å²) in [4.78, 5) is 14.1. The largest absolute Gasteiger partial charge is 0.341 e. The second-order valence-electron chi connectivity index (χ2n) is 4.00. The van der Waals surface area contributed by atoms with Crippen molar-refractivity contribution in [1.29, 1.82) is 0 Å². The zero-order valence-corrected chi connectivity index (χ0v) is 12.7. The normalized spacial score (nSPS) is 10.2. The van der Waals surface area contributed by atoms with Crippen LogP contribution in [0.4, 0.5) is 0 Å². The molecule has 0 N–H and O–H groups in total. The summed E-state index contributed by atoms with van der Waals surface area (Å²) in [5.74, 6) is 0.0438. The number of thiocarbonyl (C=S) groups is 1. The van der Waals surface area contributed by atoms with Crippen molar-refractivity contribution in [3.63, 3.8) is 0 Å². The zero-order valence-electron chi connectivity index (χ0n) is 10.3. The van der Waals surface area contributed by atoms with E-state index in [1.807, 2.05) is 7.05 Å². The monoisotopic (exact) mass is 307 g/mol. The average Bonchev–Trinajstić information content (AvgIpc) is 2.30. The Morgan fingerprint density at radius 3 is 2.50 bits per heavy atom. The number of alkyl halides is 1. The molecule has 0 bridgehead atoms. The van der Waals surface area contributed by atoms with Crippen LogP contribution in [0.15, 0.2) is 0 Å². The van der Waals surface area contributed by atoms with Crippen molar-refractivity contribution in [3.05, 3.63) is 0 Å². The molecule has 0 atom stereocenters. The summed E-state index contributed by atoms with van der Waals surface area (Å²) >= 11 is 8.54. The number of halogens is 1. The SMILES string of the molecule is CCCCN(C)C(=O)C(=S)CCCCCBr. The van der Waals surface area contributed by atoms with Gasteiger partial charge in [0.25, 0.3) is 5.91 Å². The van der Waals surface area contributed by atoms with Crippen LogP contribution >= 0.6 is 28.1 Å². The van der Waals surface area contributed by atoms with Gasteiger partial charge in [0, 0.05) is 18.9 Å². The van der Waals surface area contributed by atoms with Crippen molar-refractivity contribution >= 4 is 38.9 Å². The van der Waals surface area contributed by atoms with E-state index in [-0.39, 0.29) is 5.91 Å². The molecular formula is C12H22BrNOS. The third-order valence-electron chi connectivity index (χ3n) is 2.47. The molecule has 94 valence electrons. The Labute approximate surface area is 113 Å². The van der Waals surface area contributed by atoms with Crippen LogP contribution in [0, 0.1) is 0 Å². The van der Waals surface area contributed by atoms with Crippen LogP contribution in [0.2, 0.25) is 0 Å². The second-order valence-corrected chi connectivity index (χ2v) is 5.29. The van der Waals surface area contributed by atoms with Gasteiger partial charge in [-0.15, -0.1) is 0 Å². The quantitative estimate of drug-likeness (QED) is 0.369. The van der Waals surface area contributed by atoms with Crippen molar-refractivity contribution in [2.24, 2.45) is 0 Å². The van der Waals surface area contributed by atoms with Crippen molar-refractivity contribution in [2.45, 2.75) is 45.4 Å². The molecule has 0 unspecified atom stereocenters. The van der Waals surface area contributed by atoms with Gasteiger partial charge in [0.1, 0.15) is 0 Å². The summed E-state index contributed by atoms with van der Waals surface area (Å²) < 4.78 is 0. The first kappa shape index (κ1) is 16.0. The molecule has 2 nitrogen and oxygen atoms in total. The van der Waals surface area contributed by atoms with Gasteiger partial charge in [-0.1, -0.05) is 47.9 Å². The minimum Gasteiger partial charge on any atom is -0.341 e. The van der Waals surface area contributed by atoms with Gasteiger partial charge in [-0.25, -0.2) is 0 Å². The highest BCUT2D eigenvalue weighted by Crippen LogP contribution is 2.05. The summed E-state index contributed by atoms with van der Waals surface area (Å²) in [7, 11) is 1.84. The molecule has 0 spiro atoms. The van der Waals surface area contributed by atoms with Crippen molar-refractivity contribution < 1.29 is 4.79 Å². The maximum atomic E-state index is 11.8. The van der Waals surface area contributed by atoms with E-state index in [1.165, 1.54) is 0 Å². The predicted molar refractivity (Wildman–Crippen MR) is 77.4 cm³/mol. The summed E-state index contributed by atoms with van der Waals surface area (Å²) in [6.45, 7) is 2.94. The van der Waals surface area contributed by atoms with Crippen LogP contribution in [0.25, 0.3) is 0 Å². The van der Waals surface area contributed by atoms with Crippen LogP contribution in [0.3, 0.4) is 0 Å². The molecule has 0 heterocycles. The average molecular weight is 308 g/mol. The lowest BCUT2D eigenvalue weighted by molar-refractivity contribution is -0.122. The second kappa shape index (κ2) is 10.2. The fraction of sp³-hybridized carbons (Fsp3) is 0.833. The molecule has 1 amide bonds. The first-order valence-electron chi connectivity index (χ1n) is 5.97. The summed E-state index contributed by atoms with van der Waals surface area (Å²) in [5, 5.41) is 1.03. The van der Waals surface area contributed by atoms with Crippen LogP contribution in [-0.2, 0) is 4.79 Å². The van der Waals surface area contributed by atoms with Gasteiger partial charge in [0.2, 0.25) is 0 Å². The van der Waals surface area contributed by atoms with E-state index in [0.29, 0.717) is 4.86 Å². The maximum Gasteiger partial charge on any atom is 0.260 e. The standard InChI is InChI=1S/C12H22BrNOS/c1-3-4-10-14(2)12(15)11(16)8-6-5-7-9-13/h3-10H2,1-2H3. The Kier molecular flexibility index (Phi) is 10.2. The molecule has 0 saturated heterocycles. The molecular weight excluding hydrogens is 286 g/mol. The number of carbonyl (C=O) groups excluding carboxylic acids is 1. The first-order valence-corrected chi connectivity index (χ1v) is 7.50. The number of carbonyl (C=O) groups is 1. The van der Waals surface area contributed by atoms with E-state index in [0.717, 1.165) is 50.4 Å². The van der Waals surface area contributed by atoms with Gasteiger partial charge >= 0.3 is 0 Å². The first-order chi connectivity index (χ1) is 7.63. The minimum absolute atomic E-state index is 0.0438. The molecule has 16 heavy (non-hydrogen) atoms. The molecule has 0 aliphatic rings. The molecule has 4 heteroatoms. The number of hydrogen-bond acceptors (Lipinski definition) is 2. The lowest BCUT2D eigenvalue weighted by Gasteiger charge is -2.17. The summed E-state index contributed by atoms with van der Waals surface area (Å²) in [6.07, 6.45) is 6.24. The van der Waals surface area contributed by atoms with E-state index in [4.69, 9.17) is 12.2 Å². The van der Waals surface area contributed by atoms with E-state index >= 15 is 0 Å². The van der Waals surface area contributed by atoms with E-state index in [1.54, 1.807) is 4.90 Å². The third kappa shape index (κ3) is 7.34. The Bertz CT molecular complexity index is 221. The van der Waals surface area contributed by atoms with Gasteiger partial charge < -0.3 is 4.90 Å². The Morgan fingerprint density at radius 1 is 1.25 bits per heavy atom. The zero-order chi connectivity index (χ0) is 12.4. The topological polar surface area (TPSA) is 20.3 Å². The summed E-state index contributed by atoms with van der Waals surface area (Å²) in [6, 6.07) is 0. The van der Waals surface area contributed by atoms with Crippen LogP contribution in [0.1, 0.15) is 45.4 Å². The third-order valence-corrected chi connectivity index (χ3v) is 3.41. The molecule has 0 aromatic carbocycles. The fourth-order valence-corrected chi connectivity index (χ4v) is 2.07. The Morgan fingerprint density at radius 2 is 1.94 bits per heavy atom. The van der Waals surface area contributed by atoms with E-state index in [2.05, 4.69) is 22.9 Å². The van der Waals surface area contributed by atoms with Crippen molar-refractivity contribution in [2.75, 3.05) is 18.9 Å². The highest BCUT2D eigenvalue weighted by Gasteiger charge is 2.13. The van der Waals surface area contributed by atoms with E-state index in [9.17, 15) is 4.79 Å². The Balaban J connectivity index is 3.75. The number of nitrogens with zero attached hydrogens (tertiary/aromatic N) is 1. The molecule has 0 aliphatic carbocycles. The molecule has 0 aliphatic heterocycles. The Hall–Kier alpha value is 0.0400. The van der Waals surface area contributed by atoms with Gasteiger partial charge in [-0.2, -0.15) is 0 Å². The molecule has 0 rings (SSSR count). The number of hydrogen-bond donors (Lipinski definition) is 0. The predicted octanol–water partition coefficient (Wildman–Crippen LogP) is 3.57. The minimum atomic E-state index is 0.0438. The van der Waals surface area contributed by atoms with Crippen LogP contribution in [0.5, 0.6) is 0 Å². The van der Waals surface area contributed by atoms with Gasteiger partial charge in [0.05, 0.1) is 4.86 Å². The van der Waals surface area contributed by atoms with Gasteiger partial charge in [-0.05, 0) is 25.7 Å². The highest BCUT2D eigenvalue weighted by molar-refractivity contribution is 9.09. The molecule has 0 saturated carbocycles. The molecule has 0 radical (unpaired) electrons. The number of amides is 1. The fourth-order valence-electron chi connectivity index (χ4n) is 1.37. The van der Waals surface area contributed by atoms with Crippen LogP contribution in [-0.4, -0.2) is 34.6 Å². The number of rotatable bonds is 9. The molecule has 0 aromatic rings. The van der Waals surface area contributed by atoms with E-state index < -0.39 is 0 Å². The lowest BCUT2D eigenvalue weighted by Crippen LogP contribution is -2.33. The smallest absolute Gasteiger partial charge is 0.260 e. The van der Waals surface area contributed by atoms with Crippen LogP contribution < -0.4 is 0 Å². The highest BCUT2D eigenvalue weighted by atomic mass is 79.9. The lowest BCUT2D eigenvalue weighted by atomic mass is 10.1. The van der Waals surface area contributed by atoms with Crippen molar-refractivity contribution in [3.8, 4) is 0 Å².